The predicted molar refractivity (Wildman–Crippen MR) is 67.0 cm³/mol. The van der Waals surface area contributed by atoms with Crippen molar-refractivity contribution in [3.8, 4) is 0 Å². The number of amides is 1. The van der Waals surface area contributed by atoms with Gasteiger partial charge < -0.3 is 9.64 Å². The Kier molecular flexibility index (Phi) is 4.04. The second kappa shape index (κ2) is 5.44. The highest BCUT2D eigenvalue weighted by atomic mass is 19.4. The summed E-state index contributed by atoms with van der Waals surface area (Å²) in [5.74, 6) is -0.111. The van der Waals surface area contributed by atoms with Gasteiger partial charge in [0.1, 0.15) is 6.10 Å². The molecule has 2 atom stereocenters. The Hall–Kier alpha value is -1.56. The molecule has 0 unspecified atom stereocenters. The van der Waals surface area contributed by atoms with E-state index < -0.39 is 23.9 Å². The standard InChI is InChI=1S/C14H16F3NO2/c1-3-18(4-2)13(19)12-11(20-12)9-5-7-10(8-6-9)14(15,16)17/h5-8,11-12H,3-4H2,1-2H3/t11-,12+/m0/s1. The summed E-state index contributed by atoms with van der Waals surface area (Å²) in [5, 5.41) is 0. The molecule has 0 saturated carbocycles. The average molecular weight is 287 g/mol. The minimum Gasteiger partial charge on any atom is -0.354 e. The number of ether oxygens (including phenoxy) is 1. The molecule has 0 radical (unpaired) electrons. The number of benzene rings is 1. The molecule has 2 rings (SSSR count). The molecule has 1 fully saturated rings. The molecule has 0 aromatic heterocycles. The van der Waals surface area contributed by atoms with Crippen LogP contribution in [0.4, 0.5) is 13.2 Å². The third-order valence-corrected chi connectivity index (χ3v) is 3.38. The van der Waals surface area contributed by atoms with Gasteiger partial charge in [-0.3, -0.25) is 4.79 Å². The van der Waals surface area contributed by atoms with Crippen molar-refractivity contribution >= 4 is 5.91 Å². The summed E-state index contributed by atoms with van der Waals surface area (Å²) in [6.45, 7) is 4.93. The first-order valence-corrected chi connectivity index (χ1v) is 6.49. The van der Waals surface area contributed by atoms with Crippen LogP contribution in [-0.2, 0) is 15.7 Å². The van der Waals surface area contributed by atoms with E-state index >= 15 is 0 Å². The molecule has 110 valence electrons. The lowest BCUT2D eigenvalue weighted by Gasteiger charge is -2.17. The number of carbonyl (C=O) groups is 1. The van der Waals surface area contributed by atoms with Crippen LogP contribution in [0.3, 0.4) is 0 Å². The van der Waals surface area contributed by atoms with Crippen LogP contribution in [0.5, 0.6) is 0 Å². The molecule has 1 saturated heterocycles. The van der Waals surface area contributed by atoms with Crippen LogP contribution >= 0.6 is 0 Å². The highest BCUT2D eigenvalue weighted by Crippen LogP contribution is 2.40. The van der Waals surface area contributed by atoms with Gasteiger partial charge in [-0.05, 0) is 31.5 Å². The maximum Gasteiger partial charge on any atom is 0.416 e. The molecule has 1 amide bonds. The molecule has 0 spiro atoms. The molecule has 1 aromatic carbocycles. The van der Waals surface area contributed by atoms with Crippen LogP contribution in [0.15, 0.2) is 24.3 Å². The topological polar surface area (TPSA) is 32.8 Å². The van der Waals surface area contributed by atoms with Gasteiger partial charge in [0.2, 0.25) is 0 Å². The van der Waals surface area contributed by atoms with E-state index in [2.05, 4.69) is 0 Å². The Balaban J connectivity index is 2.03. The normalized spacial score (nSPS) is 21.6. The maximum absolute atomic E-state index is 12.4. The zero-order chi connectivity index (χ0) is 14.9. The first-order valence-electron chi connectivity index (χ1n) is 6.49. The van der Waals surface area contributed by atoms with Crippen molar-refractivity contribution in [3.05, 3.63) is 35.4 Å². The number of rotatable bonds is 4. The highest BCUT2D eigenvalue weighted by Gasteiger charge is 2.47. The SMILES string of the molecule is CCN(CC)C(=O)[C@@H]1O[C@H]1c1ccc(C(F)(F)F)cc1. The summed E-state index contributed by atoms with van der Waals surface area (Å²) >= 11 is 0. The van der Waals surface area contributed by atoms with Gasteiger partial charge in [-0.1, -0.05) is 12.1 Å². The first-order chi connectivity index (χ1) is 9.38. The van der Waals surface area contributed by atoms with E-state index in [4.69, 9.17) is 4.74 Å². The summed E-state index contributed by atoms with van der Waals surface area (Å²) < 4.78 is 42.6. The summed E-state index contributed by atoms with van der Waals surface area (Å²) in [6.07, 6.45) is -5.34. The third kappa shape index (κ3) is 2.95. The Morgan fingerprint density at radius 2 is 1.75 bits per heavy atom. The predicted octanol–water partition coefficient (Wildman–Crippen LogP) is 3.01. The van der Waals surface area contributed by atoms with Crippen LogP contribution in [-0.4, -0.2) is 30.0 Å². The maximum atomic E-state index is 12.4. The second-order valence-corrected chi connectivity index (χ2v) is 4.61. The molecule has 0 aliphatic carbocycles. The summed E-state index contributed by atoms with van der Waals surface area (Å²) in [5.41, 5.74) is -0.1000. The van der Waals surface area contributed by atoms with Gasteiger partial charge in [-0.25, -0.2) is 0 Å². The Morgan fingerprint density at radius 3 is 2.20 bits per heavy atom. The molecule has 3 nitrogen and oxygen atoms in total. The summed E-state index contributed by atoms with van der Waals surface area (Å²) in [4.78, 5) is 13.6. The molecule has 1 heterocycles. The molecule has 6 heteroatoms. The van der Waals surface area contributed by atoms with Crippen LogP contribution in [0, 0.1) is 0 Å². The van der Waals surface area contributed by atoms with Crippen molar-refractivity contribution in [2.75, 3.05) is 13.1 Å². The number of carbonyl (C=O) groups excluding carboxylic acids is 1. The fraction of sp³-hybridized carbons (Fsp3) is 0.500. The summed E-state index contributed by atoms with van der Waals surface area (Å²) in [7, 11) is 0. The number of hydrogen-bond acceptors (Lipinski definition) is 2. The van der Waals surface area contributed by atoms with E-state index in [0.717, 1.165) is 12.1 Å². The quantitative estimate of drug-likeness (QED) is 0.797. The monoisotopic (exact) mass is 287 g/mol. The highest BCUT2D eigenvalue weighted by molar-refractivity contribution is 5.84. The molecule has 0 bridgehead atoms. The van der Waals surface area contributed by atoms with E-state index in [-0.39, 0.29) is 5.91 Å². The molecule has 1 aromatic rings. The van der Waals surface area contributed by atoms with Crippen molar-refractivity contribution < 1.29 is 22.7 Å². The van der Waals surface area contributed by atoms with Gasteiger partial charge >= 0.3 is 6.18 Å². The van der Waals surface area contributed by atoms with E-state index in [1.807, 2.05) is 13.8 Å². The van der Waals surface area contributed by atoms with Gasteiger partial charge in [-0.15, -0.1) is 0 Å². The minimum atomic E-state index is -4.35. The largest absolute Gasteiger partial charge is 0.416 e. The smallest absolute Gasteiger partial charge is 0.354 e. The van der Waals surface area contributed by atoms with Crippen molar-refractivity contribution in [3.63, 3.8) is 0 Å². The molecule has 20 heavy (non-hydrogen) atoms. The van der Waals surface area contributed by atoms with Crippen molar-refractivity contribution in [2.45, 2.75) is 32.2 Å². The fourth-order valence-corrected chi connectivity index (χ4v) is 2.13. The second-order valence-electron chi connectivity index (χ2n) is 4.61. The van der Waals surface area contributed by atoms with Crippen molar-refractivity contribution in [1.29, 1.82) is 0 Å². The Labute approximate surface area is 115 Å². The molecular formula is C14H16F3NO2. The lowest BCUT2D eigenvalue weighted by atomic mass is 10.1. The van der Waals surface area contributed by atoms with Crippen LogP contribution < -0.4 is 0 Å². The molecule has 0 N–H and O–H groups in total. The van der Waals surface area contributed by atoms with E-state index in [9.17, 15) is 18.0 Å². The number of alkyl halides is 3. The number of hydrogen-bond donors (Lipinski definition) is 0. The van der Waals surface area contributed by atoms with Crippen molar-refractivity contribution in [2.24, 2.45) is 0 Å². The van der Waals surface area contributed by atoms with Gasteiger partial charge in [0.25, 0.3) is 5.91 Å². The number of epoxide rings is 1. The molecule has 1 aliphatic rings. The van der Waals surface area contributed by atoms with Crippen LogP contribution in [0.25, 0.3) is 0 Å². The number of likely N-dealkylation sites (N-methyl/N-ethyl adjacent to an activating group) is 1. The lowest BCUT2D eigenvalue weighted by Crippen LogP contribution is -2.34. The van der Waals surface area contributed by atoms with Gasteiger partial charge in [0, 0.05) is 13.1 Å². The Bertz CT molecular complexity index is 480. The Morgan fingerprint density at radius 1 is 1.20 bits per heavy atom. The number of nitrogens with zero attached hydrogens (tertiary/aromatic N) is 1. The van der Waals surface area contributed by atoms with E-state index in [1.165, 1.54) is 12.1 Å². The first kappa shape index (κ1) is 14.8. The zero-order valence-corrected chi connectivity index (χ0v) is 11.3. The molecule has 1 aliphatic heterocycles. The average Bonchev–Trinajstić information content (AvgIpc) is 3.19. The van der Waals surface area contributed by atoms with Crippen molar-refractivity contribution in [1.82, 2.24) is 4.90 Å². The molecular weight excluding hydrogens is 271 g/mol. The van der Waals surface area contributed by atoms with Gasteiger partial charge in [0.05, 0.1) is 5.56 Å². The van der Waals surface area contributed by atoms with E-state index in [0.29, 0.717) is 18.7 Å². The van der Waals surface area contributed by atoms with Gasteiger partial charge in [0.15, 0.2) is 6.10 Å². The number of halogens is 3. The summed E-state index contributed by atoms with van der Waals surface area (Å²) in [6, 6.07) is 4.75. The minimum absolute atomic E-state index is 0.111. The lowest BCUT2D eigenvalue weighted by molar-refractivity contribution is -0.137. The third-order valence-electron chi connectivity index (χ3n) is 3.38. The van der Waals surface area contributed by atoms with Crippen LogP contribution in [0.1, 0.15) is 31.1 Å². The van der Waals surface area contributed by atoms with Crippen LogP contribution in [0.2, 0.25) is 0 Å². The fourth-order valence-electron chi connectivity index (χ4n) is 2.13. The van der Waals surface area contributed by atoms with E-state index in [1.54, 1.807) is 4.90 Å². The van der Waals surface area contributed by atoms with Gasteiger partial charge in [-0.2, -0.15) is 13.2 Å². The zero-order valence-electron chi connectivity index (χ0n) is 11.3.